The summed E-state index contributed by atoms with van der Waals surface area (Å²) in [6.45, 7) is 5.58. The number of carbonyl (C=O) groups is 1. The Morgan fingerprint density at radius 2 is 1.89 bits per heavy atom. The quantitative estimate of drug-likeness (QED) is 0.747. The molecule has 0 aliphatic carbocycles. The highest BCUT2D eigenvalue weighted by atomic mass is 16.3. The molecule has 7 nitrogen and oxygen atoms in total. The Bertz CT molecular complexity index is 870. The van der Waals surface area contributed by atoms with Gasteiger partial charge in [-0.15, -0.1) is 0 Å². The number of nitrogens with zero attached hydrogens (tertiary/aromatic N) is 4. The van der Waals surface area contributed by atoms with Gasteiger partial charge in [0.05, 0.1) is 12.6 Å². The summed E-state index contributed by atoms with van der Waals surface area (Å²) in [5, 5.41) is 4.08. The Balaban J connectivity index is 1.28. The molecule has 3 heterocycles. The summed E-state index contributed by atoms with van der Waals surface area (Å²) in [6, 6.07) is 11.5. The maximum Gasteiger partial charge on any atom is 0.234 e. The van der Waals surface area contributed by atoms with Gasteiger partial charge in [0.15, 0.2) is 0 Å². The highest BCUT2D eigenvalue weighted by Crippen LogP contribution is 2.23. The van der Waals surface area contributed by atoms with E-state index in [-0.39, 0.29) is 11.9 Å². The Labute approximate surface area is 158 Å². The van der Waals surface area contributed by atoms with E-state index in [1.165, 1.54) is 0 Å². The molecular weight excluding hydrogens is 342 g/mol. The SMILES string of the molecule is C[C@H](NC(=O)CN1CCN(c2ncccn2)CC1)c1cc2ccccc2o1. The van der Waals surface area contributed by atoms with Crippen molar-refractivity contribution in [3.8, 4) is 0 Å². The van der Waals surface area contributed by atoms with Crippen LogP contribution in [0.2, 0.25) is 0 Å². The van der Waals surface area contributed by atoms with Gasteiger partial charge in [0.25, 0.3) is 0 Å². The number of fused-ring (bicyclic) bond motifs is 1. The number of hydrogen-bond acceptors (Lipinski definition) is 6. The van der Waals surface area contributed by atoms with Crippen molar-refractivity contribution < 1.29 is 9.21 Å². The molecule has 0 saturated carbocycles. The number of carbonyl (C=O) groups excluding carboxylic acids is 1. The van der Waals surface area contributed by atoms with Crippen molar-refractivity contribution in [1.82, 2.24) is 20.2 Å². The van der Waals surface area contributed by atoms with Gasteiger partial charge in [0, 0.05) is 44.0 Å². The fraction of sp³-hybridized carbons (Fsp3) is 0.350. The van der Waals surface area contributed by atoms with E-state index in [1.807, 2.05) is 43.3 Å². The molecule has 2 aromatic heterocycles. The molecule has 1 saturated heterocycles. The molecule has 0 spiro atoms. The summed E-state index contributed by atoms with van der Waals surface area (Å²) < 4.78 is 5.83. The number of aromatic nitrogens is 2. The van der Waals surface area contributed by atoms with Gasteiger partial charge in [-0.3, -0.25) is 9.69 Å². The van der Waals surface area contributed by atoms with Gasteiger partial charge in [0.2, 0.25) is 11.9 Å². The predicted molar refractivity (Wildman–Crippen MR) is 103 cm³/mol. The van der Waals surface area contributed by atoms with Gasteiger partial charge in [-0.1, -0.05) is 18.2 Å². The molecule has 0 bridgehead atoms. The minimum Gasteiger partial charge on any atom is -0.459 e. The van der Waals surface area contributed by atoms with E-state index in [1.54, 1.807) is 12.4 Å². The molecule has 1 atom stereocenters. The standard InChI is InChI=1S/C20H23N5O2/c1-15(18-13-16-5-2-3-6-17(16)27-18)23-19(26)14-24-9-11-25(12-10-24)20-21-7-4-8-22-20/h2-8,13,15H,9-12,14H2,1H3,(H,23,26)/t15-/m0/s1. The molecule has 4 rings (SSSR count). The molecule has 3 aromatic rings. The summed E-state index contributed by atoms with van der Waals surface area (Å²) in [7, 11) is 0. The second-order valence-electron chi connectivity index (χ2n) is 6.79. The predicted octanol–water partition coefficient (Wildman–Crippen LogP) is 2.22. The van der Waals surface area contributed by atoms with Gasteiger partial charge in [-0.05, 0) is 25.1 Å². The Kier molecular flexibility index (Phi) is 5.02. The molecule has 140 valence electrons. The third-order valence-corrected chi connectivity index (χ3v) is 4.82. The summed E-state index contributed by atoms with van der Waals surface area (Å²) in [5.41, 5.74) is 0.841. The topological polar surface area (TPSA) is 74.5 Å². The van der Waals surface area contributed by atoms with Crippen molar-refractivity contribution in [2.75, 3.05) is 37.6 Å². The first-order chi connectivity index (χ1) is 13.2. The number of piperazine rings is 1. The van der Waals surface area contributed by atoms with Crippen molar-refractivity contribution >= 4 is 22.8 Å². The summed E-state index contributed by atoms with van der Waals surface area (Å²) >= 11 is 0. The van der Waals surface area contributed by atoms with Crippen molar-refractivity contribution in [2.45, 2.75) is 13.0 Å². The van der Waals surface area contributed by atoms with Crippen molar-refractivity contribution in [2.24, 2.45) is 0 Å². The lowest BCUT2D eigenvalue weighted by Crippen LogP contribution is -2.50. The average molecular weight is 365 g/mol. The van der Waals surface area contributed by atoms with Crippen LogP contribution >= 0.6 is 0 Å². The van der Waals surface area contributed by atoms with Crippen LogP contribution in [-0.4, -0.2) is 53.5 Å². The zero-order chi connectivity index (χ0) is 18.6. The molecule has 1 amide bonds. The van der Waals surface area contributed by atoms with Crippen LogP contribution in [0.3, 0.4) is 0 Å². The van der Waals surface area contributed by atoms with Crippen LogP contribution in [0.5, 0.6) is 0 Å². The molecular formula is C20H23N5O2. The molecule has 7 heteroatoms. The van der Waals surface area contributed by atoms with Crippen molar-refractivity contribution in [3.05, 3.63) is 54.6 Å². The fourth-order valence-corrected chi connectivity index (χ4v) is 3.34. The number of benzene rings is 1. The molecule has 1 fully saturated rings. The normalized spacial score (nSPS) is 16.4. The first-order valence-corrected chi connectivity index (χ1v) is 9.21. The molecule has 1 aromatic carbocycles. The van der Waals surface area contributed by atoms with Gasteiger partial charge >= 0.3 is 0 Å². The number of rotatable bonds is 5. The largest absolute Gasteiger partial charge is 0.459 e. The number of furan rings is 1. The maximum absolute atomic E-state index is 12.4. The third kappa shape index (κ3) is 4.09. The summed E-state index contributed by atoms with van der Waals surface area (Å²) in [5.74, 6) is 1.53. The van der Waals surface area contributed by atoms with Crippen LogP contribution in [0.1, 0.15) is 18.7 Å². The summed E-state index contributed by atoms with van der Waals surface area (Å²) in [4.78, 5) is 25.3. The maximum atomic E-state index is 12.4. The second-order valence-corrected chi connectivity index (χ2v) is 6.79. The lowest BCUT2D eigenvalue weighted by atomic mass is 10.2. The van der Waals surface area contributed by atoms with Crippen LogP contribution in [-0.2, 0) is 4.79 Å². The van der Waals surface area contributed by atoms with Crippen molar-refractivity contribution in [3.63, 3.8) is 0 Å². The van der Waals surface area contributed by atoms with E-state index >= 15 is 0 Å². The monoisotopic (exact) mass is 365 g/mol. The Morgan fingerprint density at radius 3 is 2.63 bits per heavy atom. The minimum absolute atomic E-state index is 0.00682. The zero-order valence-corrected chi connectivity index (χ0v) is 15.3. The van der Waals surface area contributed by atoms with Crippen LogP contribution in [0.15, 0.2) is 53.2 Å². The lowest BCUT2D eigenvalue weighted by Gasteiger charge is -2.34. The molecule has 0 unspecified atom stereocenters. The van der Waals surface area contributed by atoms with E-state index in [2.05, 4.69) is 25.1 Å². The van der Waals surface area contributed by atoms with E-state index in [4.69, 9.17) is 4.42 Å². The molecule has 1 aliphatic heterocycles. The third-order valence-electron chi connectivity index (χ3n) is 4.82. The Morgan fingerprint density at radius 1 is 1.15 bits per heavy atom. The van der Waals surface area contributed by atoms with Crippen LogP contribution in [0.4, 0.5) is 5.95 Å². The van der Waals surface area contributed by atoms with Crippen LogP contribution in [0, 0.1) is 0 Å². The first kappa shape index (κ1) is 17.5. The lowest BCUT2D eigenvalue weighted by molar-refractivity contribution is -0.123. The molecule has 1 aliphatic rings. The fourth-order valence-electron chi connectivity index (χ4n) is 3.34. The number of amides is 1. The minimum atomic E-state index is -0.163. The van der Waals surface area contributed by atoms with E-state index in [9.17, 15) is 4.79 Å². The number of nitrogens with one attached hydrogen (secondary N) is 1. The second kappa shape index (κ2) is 7.75. The number of hydrogen-bond donors (Lipinski definition) is 1. The van der Waals surface area contributed by atoms with Gasteiger partial charge < -0.3 is 14.6 Å². The zero-order valence-electron chi connectivity index (χ0n) is 15.3. The smallest absolute Gasteiger partial charge is 0.234 e. The Hall–Kier alpha value is -2.93. The number of anilines is 1. The average Bonchev–Trinajstić information content (AvgIpc) is 3.14. The van der Waals surface area contributed by atoms with Gasteiger partial charge in [-0.25, -0.2) is 9.97 Å². The van der Waals surface area contributed by atoms with E-state index in [0.29, 0.717) is 6.54 Å². The van der Waals surface area contributed by atoms with Crippen LogP contribution < -0.4 is 10.2 Å². The van der Waals surface area contributed by atoms with E-state index < -0.39 is 0 Å². The number of para-hydroxylation sites is 1. The highest BCUT2D eigenvalue weighted by molar-refractivity contribution is 5.80. The molecule has 27 heavy (non-hydrogen) atoms. The first-order valence-electron chi connectivity index (χ1n) is 9.21. The molecule has 1 N–H and O–H groups in total. The molecule has 0 radical (unpaired) electrons. The summed E-state index contributed by atoms with van der Waals surface area (Å²) in [6.07, 6.45) is 3.50. The van der Waals surface area contributed by atoms with Crippen molar-refractivity contribution in [1.29, 1.82) is 0 Å². The van der Waals surface area contributed by atoms with Crippen LogP contribution in [0.25, 0.3) is 11.0 Å². The highest BCUT2D eigenvalue weighted by Gasteiger charge is 2.21. The van der Waals surface area contributed by atoms with Gasteiger partial charge in [0.1, 0.15) is 11.3 Å². The van der Waals surface area contributed by atoms with E-state index in [0.717, 1.165) is 48.9 Å². The van der Waals surface area contributed by atoms with Gasteiger partial charge in [-0.2, -0.15) is 0 Å².